The van der Waals surface area contributed by atoms with Gasteiger partial charge in [0.05, 0.1) is 11.6 Å². The third-order valence-electron chi connectivity index (χ3n) is 3.23. The summed E-state index contributed by atoms with van der Waals surface area (Å²) < 4.78 is 11.0. The topological polar surface area (TPSA) is 82.3 Å². The highest BCUT2D eigenvalue weighted by Crippen LogP contribution is 2.25. The van der Waals surface area contributed by atoms with Crippen molar-refractivity contribution in [3.63, 3.8) is 0 Å². The summed E-state index contributed by atoms with van der Waals surface area (Å²) in [6.07, 6.45) is 3.36. The van der Waals surface area contributed by atoms with Crippen molar-refractivity contribution < 1.29 is 9.47 Å². The normalized spacial score (nSPS) is 18.3. The Hall–Kier alpha value is -1.40. The Labute approximate surface area is 113 Å². The van der Waals surface area contributed by atoms with E-state index in [-0.39, 0.29) is 11.6 Å². The minimum atomic E-state index is -0.137. The highest BCUT2D eigenvalue weighted by molar-refractivity contribution is 5.40. The minimum absolute atomic E-state index is 0.0919. The predicted molar refractivity (Wildman–Crippen MR) is 73.3 cm³/mol. The van der Waals surface area contributed by atoms with Gasteiger partial charge in [-0.25, -0.2) is 9.97 Å². The van der Waals surface area contributed by atoms with Crippen molar-refractivity contribution in [1.29, 1.82) is 0 Å². The number of nitrogens with zero attached hydrogens (tertiary/aromatic N) is 2. The fraction of sp³-hybridized carbons (Fsp3) is 0.692. The van der Waals surface area contributed by atoms with Gasteiger partial charge in [-0.2, -0.15) is 0 Å². The van der Waals surface area contributed by atoms with Gasteiger partial charge < -0.3 is 20.5 Å². The Morgan fingerprint density at radius 2 is 2.16 bits per heavy atom. The van der Waals surface area contributed by atoms with Crippen LogP contribution < -0.4 is 15.8 Å². The van der Waals surface area contributed by atoms with Crippen LogP contribution in [-0.4, -0.2) is 41.4 Å². The molecular formula is C13H22N4O2. The Kier molecular flexibility index (Phi) is 4.55. The van der Waals surface area contributed by atoms with E-state index in [9.17, 15) is 0 Å². The van der Waals surface area contributed by atoms with Gasteiger partial charge in [0.2, 0.25) is 5.88 Å². The van der Waals surface area contributed by atoms with E-state index in [0.717, 1.165) is 31.9 Å². The van der Waals surface area contributed by atoms with E-state index >= 15 is 0 Å². The van der Waals surface area contributed by atoms with Crippen molar-refractivity contribution in [3.8, 4) is 5.88 Å². The van der Waals surface area contributed by atoms with E-state index < -0.39 is 0 Å². The molecule has 1 aliphatic heterocycles. The van der Waals surface area contributed by atoms with Crippen LogP contribution in [0.15, 0.2) is 12.4 Å². The smallest absolute Gasteiger partial charge is 0.218 e. The number of ether oxygens (including phenoxy) is 2. The lowest BCUT2D eigenvalue weighted by molar-refractivity contribution is 0.0627. The second-order valence-electron chi connectivity index (χ2n) is 5.13. The van der Waals surface area contributed by atoms with Crippen LogP contribution >= 0.6 is 0 Å². The Morgan fingerprint density at radius 1 is 1.42 bits per heavy atom. The molecule has 1 saturated heterocycles. The van der Waals surface area contributed by atoms with Crippen LogP contribution in [-0.2, 0) is 4.74 Å². The number of rotatable bonds is 5. The first-order valence-corrected chi connectivity index (χ1v) is 6.68. The molecule has 6 nitrogen and oxygen atoms in total. The molecule has 1 aromatic heterocycles. The van der Waals surface area contributed by atoms with Gasteiger partial charge in [-0.05, 0) is 26.7 Å². The summed E-state index contributed by atoms with van der Waals surface area (Å²) in [6, 6.07) is 1.81. The number of aromatic nitrogens is 2. The Balaban J connectivity index is 2.08. The third-order valence-corrected chi connectivity index (χ3v) is 3.23. The first-order chi connectivity index (χ1) is 9.13. The molecule has 1 fully saturated rings. The highest BCUT2D eigenvalue weighted by atomic mass is 16.5. The average Bonchev–Trinajstić information content (AvgIpc) is 2.39. The molecule has 0 saturated carbocycles. The molecule has 0 aromatic carbocycles. The maximum absolute atomic E-state index is 5.91. The minimum Gasteiger partial charge on any atom is -0.475 e. The SMILES string of the molecule is CC(C)Oc1cc(NC2(CN)CCOCC2)ncn1. The highest BCUT2D eigenvalue weighted by Gasteiger charge is 2.31. The lowest BCUT2D eigenvalue weighted by Crippen LogP contribution is -2.49. The molecule has 0 spiro atoms. The lowest BCUT2D eigenvalue weighted by Gasteiger charge is -2.37. The van der Waals surface area contributed by atoms with Gasteiger partial charge >= 0.3 is 0 Å². The zero-order valence-electron chi connectivity index (χ0n) is 11.6. The molecule has 3 N–H and O–H groups in total. The number of hydrogen-bond donors (Lipinski definition) is 2. The summed E-state index contributed by atoms with van der Waals surface area (Å²) in [5.74, 6) is 1.32. The van der Waals surface area contributed by atoms with Crippen molar-refractivity contribution in [2.24, 2.45) is 5.73 Å². The lowest BCUT2D eigenvalue weighted by atomic mass is 9.90. The molecule has 19 heavy (non-hydrogen) atoms. The van der Waals surface area contributed by atoms with Crippen LogP contribution in [0.4, 0.5) is 5.82 Å². The van der Waals surface area contributed by atoms with E-state index in [2.05, 4.69) is 15.3 Å². The molecule has 2 rings (SSSR count). The molecule has 1 aliphatic rings. The molecule has 1 aromatic rings. The molecule has 106 valence electrons. The van der Waals surface area contributed by atoms with E-state index in [1.807, 2.05) is 19.9 Å². The van der Waals surface area contributed by atoms with Crippen molar-refractivity contribution in [1.82, 2.24) is 9.97 Å². The molecule has 0 aliphatic carbocycles. The molecule has 0 radical (unpaired) electrons. The number of nitrogens with two attached hydrogens (primary N) is 1. The summed E-state index contributed by atoms with van der Waals surface area (Å²) in [6.45, 7) is 5.94. The summed E-state index contributed by atoms with van der Waals surface area (Å²) in [7, 11) is 0. The largest absolute Gasteiger partial charge is 0.475 e. The van der Waals surface area contributed by atoms with Crippen LogP contribution in [0.2, 0.25) is 0 Å². The summed E-state index contributed by atoms with van der Waals surface area (Å²) in [5, 5.41) is 3.42. The average molecular weight is 266 g/mol. The zero-order chi connectivity index (χ0) is 13.7. The zero-order valence-corrected chi connectivity index (χ0v) is 11.6. The van der Waals surface area contributed by atoms with Gasteiger partial charge in [-0.15, -0.1) is 0 Å². The van der Waals surface area contributed by atoms with Crippen LogP contribution in [0.3, 0.4) is 0 Å². The standard InChI is InChI=1S/C13H22N4O2/c1-10(2)19-12-7-11(15-9-16-12)17-13(8-14)3-5-18-6-4-13/h7,9-10H,3-6,8,14H2,1-2H3,(H,15,16,17). The van der Waals surface area contributed by atoms with Crippen LogP contribution in [0.5, 0.6) is 5.88 Å². The number of hydrogen-bond acceptors (Lipinski definition) is 6. The quantitative estimate of drug-likeness (QED) is 0.833. The van der Waals surface area contributed by atoms with Crippen molar-refractivity contribution in [2.45, 2.75) is 38.3 Å². The van der Waals surface area contributed by atoms with Crippen molar-refractivity contribution in [3.05, 3.63) is 12.4 Å². The molecule has 0 atom stereocenters. The van der Waals surface area contributed by atoms with Gasteiger partial charge in [0, 0.05) is 25.8 Å². The second kappa shape index (κ2) is 6.16. The molecule has 0 bridgehead atoms. The van der Waals surface area contributed by atoms with E-state index in [1.165, 1.54) is 6.33 Å². The van der Waals surface area contributed by atoms with Gasteiger partial charge in [-0.1, -0.05) is 0 Å². The first-order valence-electron chi connectivity index (χ1n) is 6.68. The first kappa shape index (κ1) is 14.0. The van der Waals surface area contributed by atoms with Crippen LogP contribution in [0, 0.1) is 0 Å². The van der Waals surface area contributed by atoms with E-state index in [1.54, 1.807) is 0 Å². The predicted octanol–water partition coefficient (Wildman–Crippen LogP) is 1.18. The summed E-state index contributed by atoms with van der Waals surface area (Å²) >= 11 is 0. The molecule has 2 heterocycles. The maximum Gasteiger partial charge on any atom is 0.218 e. The van der Waals surface area contributed by atoms with E-state index in [0.29, 0.717) is 12.4 Å². The van der Waals surface area contributed by atoms with Gasteiger partial charge in [0.1, 0.15) is 12.1 Å². The third kappa shape index (κ3) is 3.78. The van der Waals surface area contributed by atoms with Gasteiger partial charge in [0.15, 0.2) is 0 Å². The monoisotopic (exact) mass is 266 g/mol. The Morgan fingerprint density at radius 3 is 2.79 bits per heavy atom. The molecule has 6 heteroatoms. The molecular weight excluding hydrogens is 244 g/mol. The molecule has 0 unspecified atom stereocenters. The Bertz CT molecular complexity index is 405. The molecule has 0 amide bonds. The number of anilines is 1. The summed E-state index contributed by atoms with van der Waals surface area (Å²) in [5.41, 5.74) is 5.77. The van der Waals surface area contributed by atoms with Gasteiger partial charge in [-0.3, -0.25) is 0 Å². The fourth-order valence-corrected chi connectivity index (χ4v) is 2.13. The van der Waals surface area contributed by atoms with Gasteiger partial charge in [0.25, 0.3) is 0 Å². The number of nitrogens with one attached hydrogen (secondary N) is 1. The second-order valence-corrected chi connectivity index (χ2v) is 5.13. The van der Waals surface area contributed by atoms with Crippen LogP contribution in [0.25, 0.3) is 0 Å². The summed E-state index contributed by atoms with van der Waals surface area (Å²) in [4.78, 5) is 8.33. The fourth-order valence-electron chi connectivity index (χ4n) is 2.13. The van der Waals surface area contributed by atoms with Crippen LogP contribution in [0.1, 0.15) is 26.7 Å². The van der Waals surface area contributed by atoms with E-state index in [4.69, 9.17) is 15.2 Å². The van der Waals surface area contributed by atoms with Crippen molar-refractivity contribution >= 4 is 5.82 Å². The van der Waals surface area contributed by atoms with Crippen molar-refractivity contribution in [2.75, 3.05) is 25.1 Å². The maximum atomic E-state index is 5.91.